The first-order chi connectivity index (χ1) is 14.0. The van der Waals surface area contributed by atoms with Gasteiger partial charge >= 0.3 is 191 Å². The first-order valence-electron chi connectivity index (χ1n) is 11.2. The van der Waals surface area contributed by atoms with E-state index >= 15 is 0 Å². The molecule has 0 saturated carbocycles. The number of benzene rings is 2. The van der Waals surface area contributed by atoms with Crippen molar-refractivity contribution < 1.29 is 48.0 Å². The van der Waals surface area contributed by atoms with Gasteiger partial charge in [-0.15, -0.1) is 0 Å². The van der Waals surface area contributed by atoms with Gasteiger partial charge in [0.1, 0.15) is 0 Å². The van der Waals surface area contributed by atoms with Crippen LogP contribution in [0.3, 0.4) is 0 Å². The molecule has 31 heavy (non-hydrogen) atoms. The molecule has 2 aliphatic carbocycles. The third-order valence-corrected chi connectivity index (χ3v) is 16.1. The number of allylic oxidation sites excluding steroid dienone is 2. The van der Waals surface area contributed by atoms with Crippen LogP contribution in [0.25, 0.3) is 12.2 Å². The maximum Gasteiger partial charge on any atom is -1.00 e. The second-order valence-electron chi connectivity index (χ2n) is 8.67. The third kappa shape index (κ3) is 5.32. The van der Waals surface area contributed by atoms with E-state index in [9.17, 15) is 0 Å². The molecule has 0 N–H and O–H groups in total. The van der Waals surface area contributed by atoms with E-state index in [0.717, 1.165) is 18.6 Å². The molecule has 164 valence electrons. The zero-order valence-electron chi connectivity index (χ0n) is 19.2. The van der Waals surface area contributed by atoms with Crippen LogP contribution in [0.5, 0.6) is 0 Å². The third-order valence-electron chi connectivity index (χ3n) is 6.81. The number of hydrogen-bond donors (Lipinski definition) is 0. The van der Waals surface area contributed by atoms with Crippen LogP contribution in [0, 0.1) is 0 Å². The van der Waals surface area contributed by atoms with Gasteiger partial charge in [0.15, 0.2) is 0 Å². The van der Waals surface area contributed by atoms with Gasteiger partial charge in [0.25, 0.3) is 0 Å². The van der Waals surface area contributed by atoms with E-state index in [2.05, 4.69) is 95.3 Å². The molecule has 4 atom stereocenters. The molecule has 0 bridgehead atoms. The summed E-state index contributed by atoms with van der Waals surface area (Å²) in [5.74, 6) is 0. The Labute approximate surface area is 214 Å². The van der Waals surface area contributed by atoms with E-state index < -0.39 is 23.2 Å². The summed E-state index contributed by atoms with van der Waals surface area (Å²) in [6, 6.07) is 18.4. The summed E-state index contributed by atoms with van der Waals surface area (Å²) in [5, 5.41) is 1.84. The van der Waals surface area contributed by atoms with Gasteiger partial charge < -0.3 is 24.8 Å². The Morgan fingerprint density at radius 1 is 0.774 bits per heavy atom. The van der Waals surface area contributed by atoms with Crippen LogP contribution in [-0.4, -0.2) is 11.3 Å². The summed E-state index contributed by atoms with van der Waals surface area (Å²) in [7, 11) is -0.0877. The van der Waals surface area contributed by atoms with Crippen molar-refractivity contribution in [2.24, 2.45) is 0 Å². The molecule has 4 heteroatoms. The number of hydrogen-bond acceptors (Lipinski definition) is 0. The van der Waals surface area contributed by atoms with Crippen molar-refractivity contribution in [1.82, 2.24) is 0 Å². The Bertz CT molecular complexity index is 942. The molecule has 0 aromatic heterocycles. The van der Waals surface area contributed by atoms with Gasteiger partial charge in [-0.2, -0.15) is 0 Å². The minimum Gasteiger partial charge on any atom is -1.00 e. The van der Waals surface area contributed by atoms with Gasteiger partial charge in [0.2, 0.25) is 0 Å². The quantitative estimate of drug-likeness (QED) is 0.465. The van der Waals surface area contributed by atoms with Gasteiger partial charge in [0, 0.05) is 0 Å². The smallest absolute Gasteiger partial charge is 1.00 e. The van der Waals surface area contributed by atoms with Gasteiger partial charge in [-0.1, -0.05) is 0 Å². The second kappa shape index (κ2) is 11.8. The van der Waals surface area contributed by atoms with E-state index in [-0.39, 0.29) is 32.7 Å². The van der Waals surface area contributed by atoms with Crippen molar-refractivity contribution >= 4 is 20.1 Å². The molecule has 0 amide bonds. The first-order valence-corrected chi connectivity index (χ1v) is 15.5. The van der Waals surface area contributed by atoms with Crippen molar-refractivity contribution in [3.05, 3.63) is 81.7 Å². The number of halogens is 2. The zero-order chi connectivity index (χ0) is 20.5. The largest absolute Gasteiger partial charge is 1.00 e. The van der Waals surface area contributed by atoms with E-state index in [4.69, 9.17) is 0 Å². The molecule has 0 nitrogen and oxygen atoms in total. The maximum absolute atomic E-state index is 2.63. The van der Waals surface area contributed by atoms with Crippen LogP contribution in [-0.2, 0) is 23.2 Å². The van der Waals surface area contributed by atoms with Crippen LogP contribution in [0.4, 0.5) is 0 Å². The predicted octanol–water partition coefficient (Wildman–Crippen LogP) is 2.41. The van der Waals surface area contributed by atoms with Crippen LogP contribution < -0.4 is 24.8 Å². The average molecular weight is 551 g/mol. The Hall–Kier alpha value is -0.187. The van der Waals surface area contributed by atoms with Gasteiger partial charge in [-0.25, -0.2) is 0 Å². The van der Waals surface area contributed by atoms with Gasteiger partial charge in [-0.05, 0) is 0 Å². The molecule has 0 heterocycles. The number of fused-ring (bicyclic) bond motifs is 2. The van der Waals surface area contributed by atoms with Crippen molar-refractivity contribution in [1.29, 1.82) is 0 Å². The van der Waals surface area contributed by atoms with Crippen molar-refractivity contribution in [3.8, 4) is 0 Å². The maximum atomic E-state index is 2.63. The monoisotopic (exact) mass is 548 g/mol. The van der Waals surface area contributed by atoms with E-state index in [1.54, 1.807) is 16.7 Å². The minimum absolute atomic E-state index is 0. The molecule has 4 rings (SSSR count). The van der Waals surface area contributed by atoms with E-state index in [1.807, 2.05) is 5.31 Å². The Morgan fingerprint density at radius 3 is 1.81 bits per heavy atom. The fourth-order valence-electron chi connectivity index (χ4n) is 4.91. The molecule has 0 radical (unpaired) electrons. The SMILES string of the molecule is CCC(C)P(C1=Cc2ccccc2[CH]1[Zr+2][CH]1C(C)=Cc2ccccc21)C(C)CC.[Cl-].[Cl-]. The van der Waals surface area contributed by atoms with E-state index in [1.165, 1.54) is 24.0 Å². The summed E-state index contributed by atoms with van der Waals surface area (Å²) in [4.78, 5) is 0. The molecule has 2 aromatic rings. The average Bonchev–Trinajstić information content (AvgIpc) is 3.25. The van der Waals surface area contributed by atoms with Crippen LogP contribution >= 0.6 is 7.92 Å². The summed E-state index contributed by atoms with van der Waals surface area (Å²) in [5.41, 5.74) is 9.48. The first kappa shape index (κ1) is 27.1. The Balaban J connectivity index is 0.00000171. The standard InChI is InChI=1S/C17H24P.C10H9.2ClH.Zr/c1-5-13(3)18(14(4)6-2)17-11-15-9-7-8-10-16(15)12-17;1-8-6-9-4-2-3-5-10(9)7-8;;;/h7-14H,5-6H2,1-4H3;2-7H,1H3;2*1H;/q;;;;+2/p-2. The summed E-state index contributed by atoms with van der Waals surface area (Å²) in [6.07, 6.45) is 7.68. The molecule has 2 aromatic carbocycles. The van der Waals surface area contributed by atoms with Gasteiger partial charge in [0.05, 0.1) is 0 Å². The second-order valence-corrected chi connectivity index (χ2v) is 15.4. The topological polar surface area (TPSA) is 0 Å². The van der Waals surface area contributed by atoms with Crippen LogP contribution in [0.2, 0.25) is 0 Å². The molecule has 0 aliphatic heterocycles. The summed E-state index contributed by atoms with van der Waals surface area (Å²) >= 11 is -0.750. The number of rotatable bonds is 7. The van der Waals surface area contributed by atoms with E-state index in [0.29, 0.717) is 0 Å². The van der Waals surface area contributed by atoms with Crippen molar-refractivity contribution in [3.63, 3.8) is 0 Å². The van der Waals surface area contributed by atoms with Crippen molar-refractivity contribution in [2.75, 3.05) is 0 Å². The minimum atomic E-state index is -0.750. The Kier molecular flexibility index (Phi) is 10.3. The fraction of sp³-hybridized carbons (Fsp3) is 0.407. The Morgan fingerprint density at radius 2 is 1.26 bits per heavy atom. The molecule has 0 fully saturated rings. The molecule has 4 unspecified atom stereocenters. The molecular weight excluding hydrogens is 517 g/mol. The van der Waals surface area contributed by atoms with Crippen molar-refractivity contribution in [2.45, 2.75) is 66.0 Å². The predicted molar refractivity (Wildman–Crippen MR) is 126 cm³/mol. The van der Waals surface area contributed by atoms with Crippen LogP contribution in [0.15, 0.2) is 59.4 Å². The normalized spacial score (nSPS) is 21.3. The molecule has 0 spiro atoms. The summed E-state index contributed by atoms with van der Waals surface area (Å²) < 4.78 is 1.46. The zero-order valence-corrected chi connectivity index (χ0v) is 24.1. The van der Waals surface area contributed by atoms with Gasteiger partial charge in [-0.3, -0.25) is 0 Å². The molecule has 0 saturated heterocycles. The fourth-order valence-corrected chi connectivity index (χ4v) is 14.3. The molecular formula is C27H33Cl2PZr. The summed E-state index contributed by atoms with van der Waals surface area (Å²) in [6.45, 7) is 12.2. The molecule has 2 aliphatic rings. The van der Waals surface area contributed by atoms with Crippen LogP contribution in [0.1, 0.15) is 77.0 Å².